The molecular formula is C44H80. The molecule has 5 aliphatic carbocycles. The molecule has 0 heterocycles. The molecule has 20 atom stereocenters. The summed E-state index contributed by atoms with van der Waals surface area (Å²) in [6.45, 7) is 54.5. The molecule has 5 fully saturated rings. The third-order valence-electron chi connectivity index (χ3n) is 19.3. The van der Waals surface area contributed by atoms with Crippen LogP contribution in [0.1, 0.15) is 138 Å². The molecule has 0 aromatic carbocycles. The Kier molecular flexibility index (Phi) is 8.63. The molecule has 44 heavy (non-hydrogen) atoms. The molecule has 8 bridgehead atoms. The molecule has 0 heteroatoms. The first kappa shape index (κ1) is 35.3. The molecule has 0 aromatic rings. The average molecular weight is 609 g/mol. The minimum absolute atomic E-state index is 0.348. The van der Waals surface area contributed by atoms with Crippen LogP contribution < -0.4 is 0 Å². The van der Waals surface area contributed by atoms with E-state index >= 15 is 0 Å². The smallest absolute Gasteiger partial charge is 0.0287 e. The highest BCUT2D eigenvalue weighted by Crippen LogP contribution is 2.72. The Hall–Kier alpha value is 0. The number of hydrogen-bond acceptors (Lipinski definition) is 0. The Morgan fingerprint density at radius 3 is 0.364 bits per heavy atom. The lowest BCUT2D eigenvalue weighted by atomic mass is 9.53. The molecular weight excluding hydrogens is 528 g/mol. The van der Waals surface area contributed by atoms with Crippen LogP contribution in [0.2, 0.25) is 0 Å². The molecule has 5 aliphatic rings. The molecule has 0 radical (unpaired) electrons. The van der Waals surface area contributed by atoms with Crippen LogP contribution in [0.5, 0.6) is 0 Å². The maximum absolute atomic E-state index is 2.76. The van der Waals surface area contributed by atoms with Gasteiger partial charge in [0.05, 0.1) is 0 Å². The first-order valence-corrected chi connectivity index (χ1v) is 19.9. The standard InChI is InChI=1S/C44H80/c1-21-22(2)34-29(9)33(21)41(13,14)35-23(3)24(4)37(30(35)10)43(17,18)39-27(7)28(8)40(32(39)12)44(19,20)38-26(6)25(5)36(31(38)11)42(34,15)16/h21-40H,1-20H3/t21?,22?,23?,24?,25?,26?,27?,28?,29?,30?,31?,32?,33-,34+,35+,36?,37?,38+,39+,40?/m1/s1. The molecule has 5 saturated carbocycles. The van der Waals surface area contributed by atoms with E-state index in [0.29, 0.717) is 21.7 Å². The zero-order valence-corrected chi connectivity index (χ0v) is 33.5. The van der Waals surface area contributed by atoms with Gasteiger partial charge in [-0.05, 0) is 140 Å². The van der Waals surface area contributed by atoms with E-state index < -0.39 is 0 Å². The highest BCUT2D eigenvalue weighted by atomic mass is 14.7. The highest BCUT2D eigenvalue weighted by molar-refractivity contribution is 5.15. The van der Waals surface area contributed by atoms with E-state index in [1.807, 2.05) is 0 Å². The van der Waals surface area contributed by atoms with Gasteiger partial charge in [0.1, 0.15) is 0 Å². The van der Waals surface area contributed by atoms with Crippen molar-refractivity contribution in [2.24, 2.45) is 140 Å². The van der Waals surface area contributed by atoms with E-state index in [1.54, 1.807) is 0 Å². The molecule has 0 aromatic heterocycles. The number of rotatable bonds is 0. The normalized spacial score (nSPS) is 59.2. The van der Waals surface area contributed by atoms with E-state index in [0.717, 1.165) is 118 Å². The second kappa shape index (κ2) is 10.8. The second-order valence-electron chi connectivity index (χ2n) is 21.8. The van der Waals surface area contributed by atoms with Gasteiger partial charge < -0.3 is 0 Å². The Labute approximate surface area is 277 Å². The summed E-state index contributed by atoms with van der Waals surface area (Å²) in [6, 6.07) is 0. The van der Waals surface area contributed by atoms with Crippen molar-refractivity contribution in [3.8, 4) is 0 Å². The van der Waals surface area contributed by atoms with Crippen molar-refractivity contribution in [2.45, 2.75) is 138 Å². The Morgan fingerprint density at radius 2 is 0.273 bits per heavy atom. The molecule has 0 nitrogen and oxygen atoms in total. The maximum atomic E-state index is 2.76. The summed E-state index contributed by atoms with van der Waals surface area (Å²) in [6.07, 6.45) is 0. The summed E-state index contributed by atoms with van der Waals surface area (Å²) in [5, 5.41) is 0. The van der Waals surface area contributed by atoms with Gasteiger partial charge in [-0.2, -0.15) is 0 Å². The lowest BCUT2D eigenvalue weighted by Gasteiger charge is -2.51. The third-order valence-corrected chi connectivity index (χ3v) is 19.3. The van der Waals surface area contributed by atoms with Gasteiger partial charge >= 0.3 is 0 Å². The average Bonchev–Trinajstić information content (AvgIpc) is 3.43. The van der Waals surface area contributed by atoms with Crippen molar-refractivity contribution >= 4 is 0 Å². The minimum atomic E-state index is 0.348. The molecule has 0 saturated heterocycles. The predicted octanol–water partition coefficient (Wildman–Crippen LogP) is 12.7. The minimum Gasteiger partial charge on any atom is -0.0619 e. The van der Waals surface area contributed by atoms with E-state index in [2.05, 4.69) is 138 Å². The molecule has 0 aliphatic heterocycles. The van der Waals surface area contributed by atoms with Crippen LogP contribution >= 0.6 is 0 Å². The maximum Gasteiger partial charge on any atom is -0.0287 e. The first-order valence-electron chi connectivity index (χ1n) is 19.9. The summed E-state index contributed by atoms with van der Waals surface area (Å²) in [7, 11) is 0. The Morgan fingerprint density at radius 1 is 0.182 bits per heavy atom. The molecule has 0 N–H and O–H groups in total. The molecule has 5 rings (SSSR count). The van der Waals surface area contributed by atoms with E-state index in [-0.39, 0.29) is 0 Å². The summed E-state index contributed by atoms with van der Waals surface area (Å²) in [5.74, 6) is 15.8. The van der Waals surface area contributed by atoms with Gasteiger partial charge in [0, 0.05) is 0 Å². The zero-order chi connectivity index (χ0) is 33.5. The lowest BCUT2D eigenvalue weighted by molar-refractivity contribution is -0.0378. The van der Waals surface area contributed by atoms with Crippen molar-refractivity contribution < 1.29 is 0 Å². The van der Waals surface area contributed by atoms with Crippen LogP contribution in [0, 0.1) is 140 Å². The Bertz CT molecular complexity index is 818. The fourth-order valence-corrected chi connectivity index (χ4v) is 19.1. The molecule has 15 unspecified atom stereocenters. The summed E-state index contributed by atoms with van der Waals surface area (Å²) < 4.78 is 0. The molecule has 256 valence electrons. The van der Waals surface area contributed by atoms with Gasteiger partial charge in [0.2, 0.25) is 0 Å². The summed E-state index contributed by atoms with van der Waals surface area (Å²) in [4.78, 5) is 0. The predicted molar refractivity (Wildman–Crippen MR) is 193 cm³/mol. The zero-order valence-electron chi connectivity index (χ0n) is 33.5. The van der Waals surface area contributed by atoms with Crippen LogP contribution in [0.25, 0.3) is 0 Å². The molecule has 0 amide bonds. The van der Waals surface area contributed by atoms with Crippen LogP contribution in [0.4, 0.5) is 0 Å². The highest BCUT2D eigenvalue weighted by Gasteiger charge is 2.67. The third kappa shape index (κ3) is 4.31. The van der Waals surface area contributed by atoms with Crippen molar-refractivity contribution in [2.75, 3.05) is 0 Å². The topological polar surface area (TPSA) is 0 Å². The Balaban J connectivity index is 1.75. The van der Waals surface area contributed by atoms with Crippen LogP contribution in [0.3, 0.4) is 0 Å². The van der Waals surface area contributed by atoms with Gasteiger partial charge in [0.15, 0.2) is 0 Å². The first-order chi connectivity index (χ1) is 19.9. The van der Waals surface area contributed by atoms with Crippen LogP contribution in [-0.2, 0) is 0 Å². The number of hydrogen-bond donors (Lipinski definition) is 0. The summed E-state index contributed by atoms with van der Waals surface area (Å²) in [5.41, 5.74) is 1.39. The van der Waals surface area contributed by atoms with Gasteiger partial charge in [-0.3, -0.25) is 0 Å². The quantitative estimate of drug-likeness (QED) is 0.257. The van der Waals surface area contributed by atoms with Crippen LogP contribution in [-0.4, -0.2) is 0 Å². The fraction of sp³-hybridized carbons (Fsp3) is 1.00. The van der Waals surface area contributed by atoms with Gasteiger partial charge in [0.25, 0.3) is 0 Å². The number of fused-ring (bicyclic) bond motifs is 8. The van der Waals surface area contributed by atoms with E-state index in [1.165, 1.54) is 0 Å². The SMILES string of the molecule is CC1C(C)[C@H]2C(C)C1C(C)(C)[C@H]1C(C)C(C)C(C1C)C(C)(C)[C@H]1C(C)C(C)[C@H](C1C)C(C)(C)[C@H]1C(C)C(C)C(C1C)C2(C)C. The van der Waals surface area contributed by atoms with Crippen LogP contribution in [0.15, 0.2) is 0 Å². The van der Waals surface area contributed by atoms with Crippen molar-refractivity contribution in [3.05, 3.63) is 0 Å². The monoisotopic (exact) mass is 609 g/mol. The van der Waals surface area contributed by atoms with Crippen molar-refractivity contribution in [1.29, 1.82) is 0 Å². The van der Waals surface area contributed by atoms with Gasteiger partial charge in [-0.15, -0.1) is 0 Å². The van der Waals surface area contributed by atoms with E-state index in [4.69, 9.17) is 0 Å². The van der Waals surface area contributed by atoms with Crippen molar-refractivity contribution in [3.63, 3.8) is 0 Å². The summed E-state index contributed by atoms with van der Waals surface area (Å²) >= 11 is 0. The second-order valence-corrected chi connectivity index (χ2v) is 21.8. The van der Waals surface area contributed by atoms with Crippen molar-refractivity contribution in [1.82, 2.24) is 0 Å². The lowest BCUT2D eigenvalue weighted by Crippen LogP contribution is -2.46. The molecule has 0 spiro atoms. The largest absolute Gasteiger partial charge is 0.0619 e. The van der Waals surface area contributed by atoms with E-state index in [9.17, 15) is 0 Å². The van der Waals surface area contributed by atoms with Gasteiger partial charge in [-0.1, -0.05) is 138 Å². The fourth-order valence-electron chi connectivity index (χ4n) is 19.1. The van der Waals surface area contributed by atoms with Gasteiger partial charge in [-0.25, -0.2) is 0 Å².